The number of rotatable bonds is 11. The highest BCUT2D eigenvalue weighted by atomic mass is 16.5. The molecule has 0 spiro atoms. The standard InChI is InChI=1S/C22H20N2O4.C20H18N2O3/c1-16(25)24(15-18-9-6-7-13-21(18)27-17(2)26)20-12-8-14-23-22(20)28-19-10-4-3-5-11-19;1-15(23)22(14-16-8-5-6-12-19(16)24)18-11-7-13-21-20(18)25-17-9-3-2-4-10-17/h3-14H,15H2,1-2H3;2-13,24H,14H2,1H3. The number of benzene rings is 4. The number of aromatic hydroxyl groups is 1. The van der Waals surface area contributed by atoms with E-state index in [-0.39, 0.29) is 30.7 Å². The minimum absolute atomic E-state index is 0.142. The number of nitrogens with zero attached hydrogens (tertiary/aromatic N) is 4. The first-order valence-corrected chi connectivity index (χ1v) is 16.6. The second-order valence-corrected chi connectivity index (χ2v) is 11.5. The molecule has 11 heteroatoms. The molecule has 53 heavy (non-hydrogen) atoms. The maximum atomic E-state index is 12.4. The number of pyridine rings is 2. The molecule has 1 N–H and O–H groups in total. The lowest BCUT2D eigenvalue weighted by Gasteiger charge is -2.24. The topological polar surface area (TPSA) is 131 Å². The Kier molecular flexibility index (Phi) is 12.9. The molecule has 0 bridgehead atoms. The van der Waals surface area contributed by atoms with Gasteiger partial charge in [-0.15, -0.1) is 0 Å². The van der Waals surface area contributed by atoms with Crippen LogP contribution in [0.4, 0.5) is 11.4 Å². The van der Waals surface area contributed by atoms with Crippen LogP contribution >= 0.6 is 0 Å². The van der Waals surface area contributed by atoms with Crippen LogP contribution in [0.15, 0.2) is 146 Å². The number of aromatic nitrogens is 2. The Morgan fingerprint density at radius 3 is 1.45 bits per heavy atom. The van der Waals surface area contributed by atoms with Crippen LogP contribution in [-0.4, -0.2) is 32.9 Å². The lowest BCUT2D eigenvalue weighted by molar-refractivity contribution is -0.132. The Balaban J connectivity index is 0.000000206. The molecule has 0 saturated heterocycles. The van der Waals surface area contributed by atoms with Gasteiger partial charge in [0, 0.05) is 44.3 Å². The van der Waals surface area contributed by atoms with Crippen molar-refractivity contribution in [1.29, 1.82) is 0 Å². The van der Waals surface area contributed by atoms with Crippen LogP contribution in [0.25, 0.3) is 0 Å². The van der Waals surface area contributed by atoms with Crippen LogP contribution in [0.3, 0.4) is 0 Å². The molecule has 0 aliphatic heterocycles. The van der Waals surface area contributed by atoms with Gasteiger partial charge in [-0.05, 0) is 60.7 Å². The van der Waals surface area contributed by atoms with Gasteiger partial charge in [-0.2, -0.15) is 0 Å². The van der Waals surface area contributed by atoms with Crippen LogP contribution in [0.5, 0.6) is 34.8 Å². The fourth-order valence-electron chi connectivity index (χ4n) is 5.14. The van der Waals surface area contributed by atoms with E-state index in [0.29, 0.717) is 51.5 Å². The zero-order valence-electron chi connectivity index (χ0n) is 29.5. The summed E-state index contributed by atoms with van der Waals surface area (Å²) in [5.74, 6) is 1.67. The molecule has 2 aromatic heterocycles. The van der Waals surface area contributed by atoms with E-state index >= 15 is 0 Å². The Hall–Kier alpha value is -7.01. The summed E-state index contributed by atoms with van der Waals surface area (Å²) in [6.07, 6.45) is 3.22. The number of phenols is 1. The molecule has 11 nitrogen and oxygen atoms in total. The number of amides is 2. The molecular formula is C42H38N4O7. The quantitative estimate of drug-likeness (QED) is 0.104. The molecule has 0 saturated carbocycles. The van der Waals surface area contributed by atoms with Gasteiger partial charge in [0.05, 0.1) is 13.1 Å². The number of phenolic OH excluding ortho intramolecular Hbond substituents is 1. The summed E-state index contributed by atoms with van der Waals surface area (Å²) < 4.78 is 17.0. The van der Waals surface area contributed by atoms with Crippen molar-refractivity contribution in [2.24, 2.45) is 0 Å². The van der Waals surface area contributed by atoms with E-state index in [9.17, 15) is 19.5 Å². The van der Waals surface area contributed by atoms with E-state index in [1.165, 1.54) is 30.6 Å². The van der Waals surface area contributed by atoms with Gasteiger partial charge in [0.15, 0.2) is 0 Å². The van der Waals surface area contributed by atoms with Crippen LogP contribution in [0, 0.1) is 0 Å². The number of para-hydroxylation sites is 4. The van der Waals surface area contributed by atoms with E-state index in [4.69, 9.17) is 14.2 Å². The summed E-state index contributed by atoms with van der Waals surface area (Å²) in [5.41, 5.74) is 2.41. The second kappa shape index (κ2) is 18.3. The molecule has 6 aromatic rings. The molecular weight excluding hydrogens is 672 g/mol. The zero-order chi connectivity index (χ0) is 37.6. The molecule has 0 atom stereocenters. The fourth-order valence-corrected chi connectivity index (χ4v) is 5.14. The number of esters is 1. The van der Waals surface area contributed by atoms with Crippen molar-refractivity contribution >= 4 is 29.2 Å². The van der Waals surface area contributed by atoms with Gasteiger partial charge in [0.2, 0.25) is 23.6 Å². The van der Waals surface area contributed by atoms with Crippen LogP contribution in [0.1, 0.15) is 31.9 Å². The highest BCUT2D eigenvalue weighted by Crippen LogP contribution is 2.34. The number of carbonyl (C=O) groups is 3. The first-order chi connectivity index (χ1) is 25.7. The predicted octanol–water partition coefficient (Wildman–Crippen LogP) is 8.48. The van der Waals surface area contributed by atoms with Gasteiger partial charge >= 0.3 is 5.97 Å². The van der Waals surface area contributed by atoms with Gasteiger partial charge in [-0.3, -0.25) is 14.4 Å². The minimum atomic E-state index is -0.420. The fraction of sp³-hybridized carbons (Fsp3) is 0.119. The van der Waals surface area contributed by atoms with Crippen molar-refractivity contribution in [2.75, 3.05) is 9.80 Å². The summed E-state index contributed by atoms with van der Waals surface area (Å²) in [7, 11) is 0. The summed E-state index contributed by atoms with van der Waals surface area (Å²) >= 11 is 0. The number of hydrogen-bond acceptors (Lipinski definition) is 9. The number of anilines is 2. The smallest absolute Gasteiger partial charge is 0.308 e. The number of ether oxygens (including phenoxy) is 3. The first-order valence-electron chi connectivity index (χ1n) is 16.6. The number of carbonyl (C=O) groups excluding carboxylic acids is 3. The van der Waals surface area contributed by atoms with E-state index in [1.54, 1.807) is 67.0 Å². The molecule has 268 valence electrons. The normalized spacial score (nSPS) is 10.2. The first kappa shape index (κ1) is 37.3. The summed E-state index contributed by atoms with van der Waals surface area (Å²) in [4.78, 5) is 47.6. The largest absolute Gasteiger partial charge is 0.508 e. The molecule has 0 radical (unpaired) electrons. The number of hydrogen-bond donors (Lipinski definition) is 1. The Morgan fingerprint density at radius 1 is 0.547 bits per heavy atom. The van der Waals surface area contributed by atoms with Crippen molar-refractivity contribution in [1.82, 2.24) is 9.97 Å². The average molecular weight is 711 g/mol. The highest BCUT2D eigenvalue weighted by Gasteiger charge is 2.21. The third kappa shape index (κ3) is 10.5. The Labute approximate surface area is 307 Å². The molecule has 0 aliphatic carbocycles. The highest BCUT2D eigenvalue weighted by molar-refractivity contribution is 5.93. The van der Waals surface area contributed by atoms with E-state index < -0.39 is 5.97 Å². The molecule has 6 rings (SSSR count). The van der Waals surface area contributed by atoms with Crippen molar-refractivity contribution < 1.29 is 33.7 Å². The van der Waals surface area contributed by atoms with Gasteiger partial charge in [-0.25, -0.2) is 9.97 Å². The van der Waals surface area contributed by atoms with Gasteiger partial charge < -0.3 is 29.1 Å². The maximum Gasteiger partial charge on any atom is 0.308 e. The average Bonchev–Trinajstić information content (AvgIpc) is 3.15. The Morgan fingerprint density at radius 2 is 0.981 bits per heavy atom. The maximum absolute atomic E-state index is 12.4. The lowest BCUT2D eigenvalue weighted by atomic mass is 10.1. The van der Waals surface area contributed by atoms with Crippen molar-refractivity contribution in [3.63, 3.8) is 0 Å². The van der Waals surface area contributed by atoms with E-state index in [0.717, 1.165) is 0 Å². The summed E-state index contributed by atoms with van der Waals surface area (Å²) in [6.45, 7) is 4.70. The van der Waals surface area contributed by atoms with E-state index in [2.05, 4.69) is 9.97 Å². The second-order valence-electron chi connectivity index (χ2n) is 11.5. The zero-order valence-corrected chi connectivity index (χ0v) is 29.5. The van der Waals surface area contributed by atoms with Crippen LogP contribution in [0.2, 0.25) is 0 Å². The molecule has 4 aromatic carbocycles. The monoisotopic (exact) mass is 710 g/mol. The Bertz CT molecular complexity index is 2150. The third-order valence-electron chi connectivity index (χ3n) is 7.63. The lowest BCUT2D eigenvalue weighted by Crippen LogP contribution is -2.28. The van der Waals surface area contributed by atoms with Crippen molar-refractivity contribution in [2.45, 2.75) is 33.9 Å². The summed E-state index contributed by atoms with van der Waals surface area (Å²) in [5, 5.41) is 10.0. The van der Waals surface area contributed by atoms with Crippen LogP contribution < -0.4 is 24.0 Å². The van der Waals surface area contributed by atoms with Gasteiger partial charge in [0.25, 0.3) is 0 Å². The molecule has 2 heterocycles. The SMILES string of the molecule is CC(=O)N(Cc1ccccc1O)c1cccnc1Oc1ccccc1.CC(=O)Oc1ccccc1CN(C(C)=O)c1cccnc1Oc1ccccc1. The molecule has 2 amide bonds. The molecule has 0 unspecified atom stereocenters. The molecule has 0 aliphatic rings. The third-order valence-corrected chi connectivity index (χ3v) is 7.63. The van der Waals surface area contributed by atoms with Crippen molar-refractivity contribution in [3.8, 4) is 34.8 Å². The predicted molar refractivity (Wildman–Crippen MR) is 201 cm³/mol. The van der Waals surface area contributed by atoms with Gasteiger partial charge in [0.1, 0.15) is 34.4 Å². The van der Waals surface area contributed by atoms with E-state index in [1.807, 2.05) is 78.9 Å². The van der Waals surface area contributed by atoms with Crippen LogP contribution in [-0.2, 0) is 27.5 Å². The molecule has 0 fully saturated rings. The van der Waals surface area contributed by atoms with Crippen molar-refractivity contribution in [3.05, 3.63) is 157 Å². The van der Waals surface area contributed by atoms with Gasteiger partial charge in [-0.1, -0.05) is 72.8 Å². The summed E-state index contributed by atoms with van der Waals surface area (Å²) in [6, 6.07) is 39.5. The minimum Gasteiger partial charge on any atom is -0.508 e.